The van der Waals surface area contributed by atoms with E-state index < -0.39 is 99.6 Å². The first kappa shape index (κ1) is 41.7. The summed E-state index contributed by atoms with van der Waals surface area (Å²) in [7, 11) is -9.90. The first-order valence-corrected chi connectivity index (χ1v) is 21.3. The zero-order valence-electron chi connectivity index (χ0n) is 29.9. The third-order valence-corrected chi connectivity index (χ3v) is 12.5. The average Bonchev–Trinajstić information content (AvgIpc) is 3.80. The van der Waals surface area contributed by atoms with Gasteiger partial charge in [-0.25, -0.2) is 26.5 Å². The van der Waals surface area contributed by atoms with Gasteiger partial charge in [0.25, 0.3) is 11.1 Å². The predicted octanol–water partition coefficient (Wildman–Crippen LogP) is -0.330. The molecule has 58 heavy (non-hydrogen) atoms. The molecule has 2 aromatic heterocycles. The Morgan fingerprint density at radius 1 is 0.810 bits per heavy atom. The largest absolute Gasteiger partial charge is 0.748 e. The van der Waals surface area contributed by atoms with E-state index in [1.807, 2.05) is 13.8 Å². The Morgan fingerprint density at radius 2 is 1.47 bits per heavy atom. The number of rotatable bonds is 12. The van der Waals surface area contributed by atoms with Gasteiger partial charge in [-0.05, 0) is 49.1 Å². The number of hydrogen-bond donors (Lipinski definition) is 2. The minimum absolute atomic E-state index is 0.0468. The standard InChI is InChI=1S/C34H30N4O16S4/c1-17-11-21-22(12-18(17)2)53-23(35(21)9-6-10-57(47,48)49)13-20(19-7-4-3-5-8-19)27-30(44)38(16-58(50,51)52)33(55-27)28-31(45)36(14-24(39)40)32(56-28)26-29(43)37(15-25(41)42)34(46)54-26/h3-5,7-8,11-13H,6,9-10,14-16H2,1-2H3,(H,39,40)(H,41,42)(H,47,48,49)(H,50,51,52)/p-2/b23-13?,27-20?,32-26+,33-28+. The van der Waals surface area contributed by atoms with Crippen LogP contribution in [0.25, 0.3) is 11.3 Å². The van der Waals surface area contributed by atoms with Crippen LogP contribution in [0.1, 0.15) is 23.1 Å². The minimum Gasteiger partial charge on any atom is -0.748 e. The number of fused-ring (bicyclic) bond motifs is 1. The third kappa shape index (κ3) is 8.65. The zero-order valence-corrected chi connectivity index (χ0v) is 33.2. The fourth-order valence-corrected chi connectivity index (χ4v) is 9.49. The van der Waals surface area contributed by atoms with Crippen LogP contribution in [0.3, 0.4) is 0 Å². The molecular weight excluding hydrogens is 849 g/mol. The van der Waals surface area contributed by atoms with E-state index in [0.717, 1.165) is 11.1 Å². The number of imide groups is 1. The van der Waals surface area contributed by atoms with Crippen molar-refractivity contribution < 1.29 is 64.8 Å². The third-order valence-electron chi connectivity index (χ3n) is 8.60. The summed E-state index contributed by atoms with van der Waals surface area (Å²) in [5.41, 5.74) is 0.246. The fraction of sp³-hybridized carbons (Fsp3) is 0.235. The topological polar surface area (TPSA) is 292 Å². The highest BCUT2D eigenvalue weighted by Gasteiger charge is 2.40. The van der Waals surface area contributed by atoms with E-state index in [2.05, 4.69) is 0 Å². The number of ether oxygens (including phenoxy) is 2. The van der Waals surface area contributed by atoms with Crippen molar-refractivity contribution >= 4 is 83.9 Å². The molecule has 1 fully saturated rings. The lowest BCUT2D eigenvalue weighted by Gasteiger charge is -2.20. The number of hydrogen-bond acceptors (Lipinski definition) is 17. The molecular formula is C34H28N4O16S4-2. The van der Waals surface area contributed by atoms with Gasteiger partial charge in [-0.15, -0.1) is 22.7 Å². The van der Waals surface area contributed by atoms with Crippen molar-refractivity contribution in [1.29, 1.82) is 0 Å². The number of nitrogens with zero attached hydrogens (tertiary/aromatic N) is 4. The number of aromatic nitrogens is 2. The number of amides is 2. The first-order chi connectivity index (χ1) is 27.1. The van der Waals surface area contributed by atoms with E-state index in [1.54, 1.807) is 47.4 Å². The van der Waals surface area contributed by atoms with Crippen LogP contribution in [0.15, 0.2) is 64.0 Å². The van der Waals surface area contributed by atoms with Crippen molar-refractivity contribution in [2.24, 2.45) is 0 Å². The Kier molecular flexibility index (Phi) is 11.4. The lowest BCUT2D eigenvalue weighted by molar-refractivity contribution is -0.140. The molecule has 0 radical (unpaired) electrons. The number of thiazole rings is 2. The number of carbonyl (C=O) groups is 4. The SMILES string of the molecule is Cc1cc2c(cc1C)N(CCCS(=O)(=O)[O-])C(=CC(c1ccccc1)=c1s/c(=c3/s/c(=C4/OC(=O)N(CC(=O)O)C4=O)n(CC(=O)O)c3=O)n(CS(=O)(=O)[O-])c1=O)O2. The number of aryl methyl sites for hydroxylation is 2. The van der Waals surface area contributed by atoms with Crippen LogP contribution in [0.4, 0.5) is 10.5 Å². The second-order valence-electron chi connectivity index (χ2n) is 12.7. The van der Waals surface area contributed by atoms with Crippen LogP contribution in [0.5, 0.6) is 5.75 Å². The second-order valence-corrected chi connectivity index (χ2v) is 17.6. The Morgan fingerprint density at radius 3 is 2.09 bits per heavy atom. The summed E-state index contributed by atoms with van der Waals surface area (Å²) in [6.45, 7) is 1.32. The van der Waals surface area contributed by atoms with Gasteiger partial charge in [-0.2, -0.15) is 0 Å². The number of benzene rings is 2. The molecule has 6 rings (SSSR count). The second kappa shape index (κ2) is 15.8. The van der Waals surface area contributed by atoms with Crippen LogP contribution in [0, 0.1) is 23.0 Å². The summed E-state index contributed by atoms with van der Waals surface area (Å²) in [6.07, 6.45) is -0.185. The van der Waals surface area contributed by atoms with E-state index in [4.69, 9.17) is 14.6 Å². The van der Waals surface area contributed by atoms with Gasteiger partial charge < -0.3 is 33.7 Å². The normalized spacial score (nSPS) is 17.1. The number of aliphatic carboxylic acids is 2. The van der Waals surface area contributed by atoms with Gasteiger partial charge >= 0.3 is 23.9 Å². The lowest BCUT2D eigenvalue weighted by Crippen LogP contribution is -2.35. The number of anilines is 1. The number of allylic oxidation sites excluding steroid dienone is 1. The van der Waals surface area contributed by atoms with Gasteiger partial charge in [0.15, 0.2) is 5.75 Å². The minimum atomic E-state index is -5.29. The summed E-state index contributed by atoms with van der Waals surface area (Å²) in [5.74, 6) is -7.31. The highest BCUT2D eigenvalue weighted by molar-refractivity contribution is 7.85. The Bertz CT molecular complexity index is 3040. The summed E-state index contributed by atoms with van der Waals surface area (Å²) in [5, 5.41) is 18.8. The van der Waals surface area contributed by atoms with E-state index in [0.29, 0.717) is 48.8 Å². The van der Waals surface area contributed by atoms with Crippen molar-refractivity contribution in [1.82, 2.24) is 14.0 Å². The van der Waals surface area contributed by atoms with Gasteiger partial charge in [0.05, 0.1) is 15.8 Å². The molecule has 2 aliphatic heterocycles. The van der Waals surface area contributed by atoms with Crippen LogP contribution < -0.4 is 30.0 Å². The molecule has 2 amide bonds. The molecule has 0 saturated carbocycles. The fourth-order valence-electron chi connectivity index (χ4n) is 5.93. The van der Waals surface area contributed by atoms with Crippen molar-refractivity contribution in [2.75, 3.05) is 23.7 Å². The van der Waals surface area contributed by atoms with Gasteiger partial charge in [-0.1, -0.05) is 30.3 Å². The number of cyclic esters (lactones) is 1. The molecule has 0 spiro atoms. The van der Waals surface area contributed by atoms with E-state index >= 15 is 0 Å². The monoisotopic (exact) mass is 876 g/mol. The lowest BCUT2D eigenvalue weighted by atomic mass is 10.1. The molecule has 2 aliphatic rings. The Hall–Kier alpha value is -5.92. The maximum atomic E-state index is 14.4. The molecule has 24 heteroatoms. The molecule has 306 valence electrons. The van der Waals surface area contributed by atoms with Gasteiger partial charge in [0.2, 0.25) is 11.6 Å². The highest BCUT2D eigenvalue weighted by Crippen LogP contribution is 2.41. The molecule has 1 saturated heterocycles. The molecule has 2 aromatic carbocycles. The number of carbonyl (C=O) groups excluding carboxylic acids is 2. The van der Waals surface area contributed by atoms with Gasteiger partial charge in [0.1, 0.15) is 47.5 Å². The average molecular weight is 877 g/mol. The molecule has 0 atom stereocenters. The summed E-state index contributed by atoms with van der Waals surface area (Å²) < 4.78 is 81.4. The quantitative estimate of drug-likeness (QED) is 0.172. The summed E-state index contributed by atoms with van der Waals surface area (Å²) in [6, 6.07) is 11.5. The van der Waals surface area contributed by atoms with Crippen molar-refractivity contribution in [3.63, 3.8) is 0 Å². The van der Waals surface area contributed by atoms with Crippen LogP contribution in [-0.2, 0) is 51.8 Å². The molecule has 0 aliphatic carbocycles. The van der Waals surface area contributed by atoms with Gasteiger partial charge in [-0.3, -0.25) is 33.1 Å². The van der Waals surface area contributed by atoms with Crippen molar-refractivity contribution in [2.45, 2.75) is 32.7 Å². The first-order valence-electron chi connectivity index (χ1n) is 16.5. The zero-order chi connectivity index (χ0) is 42.4. The van der Waals surface area contributed by atoms with Gasteiger partial charge in [0, 0.05) is 23.9 Å². The molecule has 4 aromatic rings. The van der Waals surface area contributed by atoms with E-state index in [-0.39, 0.29) is 33.9 Å². The Labute approximate surface area is 333 Å². The van der Waals surface area contributed by atoms with Crippen LogP contribution in [-0.4, -0.2) is 93.0 Å². The number of carboxylic acids is 2. The maximum Gasteiger partial charge on any atom is 0.423 e. The smallest absolute Gasteiger partial charge is 0.423 e. The molecule has 0 unspecified atom stereocenters. The molecule has 0 bridgehead atoms. The summed E-state index contributed by atoms with van der Waals surface area (Å²) >= 11 is 0.829. The van der Waals surface area contributed by atoms with Crippen molar-refractivity contribution in [3.05, 3.63) is 110 Å². The van der Waals surface area contributed by atoms with Crippen LogP contribution >= 0.6 is 22.7 Å². The van der Waals surface area contributed by atoms with Crippen LogP contribution in [0.2, 0.25) is 0 Å². The highest BCUT2D eigenvalue weighted by atomic mass is 32.2. The number of carboxylic acid groups (broad SMARTS) is 2. The molecule has 20 nitrogen and oxygen atoms in total. The maximum absolute atomic E-state index is 14.4. The van der Waals surface area contributed by atoms with Crippen molar-refractivity contribution in [3.8, 4) is 5.75 Å². The van der Waals surface area contributed by atoms with E-state index in [9.17, 15) is 59.8 Å². The van der Waals surface area contributed by atoms with E-state index in [1.165, 1.54) is 6.08 Å². The summed E-state index contributed by atoms with van der Waals surface area (Å²) in [4.78, 5) is 78.8. The molecule has 4 heterocycles. The predicted molar refractivity (Wildman–Crippen MR) is 201 cm³/mol. The molecule has 2 N–H and O–H groups in total. The Balaban J connectivity index is 1.72.